The molecule has 0 saturated carbocycles. The summed E-state index contributed by atoms with van der Waals surface area (Å²) in [5.41, 5.74) is 1.40. The Balaban J connectivity index is 2.23. The number of rotatable bonds is 8. The second-order valence-electron chi connectivity index (χ2n) is 5.63. The van der Waals surface area contributed by atoms with Gasteiger partial charge in [-0.15, -0.1) is 11.8 Å². The molecule has 1 rings (SSSR count). The van der Waals surface area contributed by atoms with E-state index in [9.17, 15) is 0 Å². The van der Waals surface area contributed by atoms with Crippen molar-refractivity contribution in [2.24, 2.45) is 10.2 Å². The number of unbranched alkanes of at least 4 members (excludes halogenated alkanes) is 3. The molecule has 0 aromatic heterocycles. The Kier molecular flexibility index (Phi) is 6.98. The van der Waals surface area contributed by atoms with E-state index in [2.05, 4.69) is 44.0 Å². The summed E-state index contributed by atoms with van der Waals surface area (Å²) in [5.74, 6) is 0. The van der Waals surface area contributed by atoms with E-state index in [1.54, 1.807) is 0 Å². The molecule has 2 nitrogen and oxygen atoms in total. The highest BCUT2D eigenvalue weighted by Gasteiger charge is 2.33. The van der Waals surface area contributed by atoms with Gasteiger partial charge < -0.3 is 0 Å². The summed E-state index contributed by atoms with van der Waals surface area (Å²) >= 11 is 1.96. The Labute approximate surface area is 117 Å². The van der Waals surface area contributed by atoms with Gasteiger partial charge in [-0.2, -0.15) is 10.2 Å². The highest BCUT2D eigenvalue weighted by atomic mass is 32.2. The molecule has 0 spiro atoms. The molecule has 2 atom stereocenters. The van der Waals surface area contributed by atoms with E-state index < -0.39 is 0 Å². The minimum atomic E-state index is 0.0291. The van der Waals surface area contributed by atoms with Gasteiger partial charge in [0.25, 0.3) is 0 Å². The van der Waals surface area contributed by atoms with Crippen molar-refractivity contribution in [3.63, 3.8) is 0 Å². The van der Waals surface area contributed by atoms with Crippen LogP contribution < -0.4 is 0 Å². The number of hydrogen-bond acceptors (Lipinski definition) is 3. The Morgan fingerprint density at radius 3 is 2.72 bits per heavy atom. The van der Waals surface area contributed by atoms with Gasteiger partial charge in [-0.3, -0.25) is 0 Å². The Morgan fingerprint density at radius 2 is 2.06 bits per heavy atom. The fourth-order valence-corrected chi connectivity index (χ4v) is 3.42. The maximum atomic E-state index is 4.50. The summed E-state index contributed by atoms with van der Waals surface area (Å²) in [6, 6.07) is 0. The number of allylic oxidation sites excluding steroid dienone is 2. The molecule has 1 aliphatic heterocycles. The molecule has 0 saturated heterocycles. The largest absolute Gasteiger partial charge is 0.178 e. The van der Waals surface area contributed by atoms with Crippen LogP contribution in [0.1, 0.15) is 72.6 Å². The van der Waals surface area contributed by atoms with Crippen molar-refractivity contribution in [3.05, 3.63) is 11.6 Å². The topological polar surface area (TPSA) is 24.7 Å². The van der Waals surface area contributed by atoms with Gasteiger partial charge in [0.2, 0.25) is 0 Å². The molecule has 0 radical (unpaired) electrons. The quantitative estimate of drug-likeness (QED) is 0.394. The van der Waals surface area contributed by atoms with Crippen molar-refractivity contribution < 1.29 is 0 Å². The second kappa shape index (κ2) is 7.98. The molecule has 3 heteroatoms. The summed E-state index contributed by atoms with van der Waals surface area (Å²) in [4.78, 5) is 0.0291. The third-order valence-corrected chi connectivity index (χ3v) is 4.65. The Morgan fingerprint density at radius 1 is 1.28 bits per heavy atom. The SMILES string of the molecule is CCCCCCC1N=NC(C)(CCC=C(C)C)S1. The molecule has 0 aromatic carbocycles. The van der Waals surface area contributed by atoms with Crippen molar-refractivity contribution in [2.45, 2.75) is 82.9 Å². The average molecular weight is 268 g/mol. The van der Waals surface area contributed by atoms with Gasteiger partial charge in [0, 0.05) is 0 Å². The maximum absolute atomic E-state index is 4.50. The lowest BCUT2D eigenvalue weighted by molar-refractivity contribution is 0.591. The molecule has 0 aliphatic carbocycles. The smallest absolute Gasteiger partial charge is 0.126 e. The minimum absolute atomic E-state index is 0.0291. The fraction of sp³-hybridized carbons (Fsp3) is 0.867. The highest BCUT2D eigenvalue weighted by molar-refractivity contribution is 8.01. The monoisotopic (exact) mass is 268 g/mol. The first kappa shape index (κ1) is 15.7. The van der Waals surface area contributed by atoms with Gasteiger partial charge in [0.1, 0.15) is 10.2 Å². The number of azo groups is 1. The van der Waals surface area contributed by atoms with Gasteiger partial charge in [0.15, 0.2) is 0 Å². The summed E-state index contributed by atoms with van der Waals surface area (Å²) < 4.78 is 0. The minimum Gasteiger partial charge on any atom is -0.178 e. The molecule has 2 unspecified atom stereocenters. The normalized spacial score (nSPS) is 26.6. The third-order valence-electron chi connectivity index (χ3n) is 3.25. The van der Waals surface area contributed by atoms with Crippen molar-refractivity contribution in [3.8, 4) is 0 Å². The first-order chi connectivity index (χ1) is 8.56. The lowest BCUT2D eigenvalue weighted by Gasteiger charge is -2.18. The predicted molar refractivity (Wildman–Crippen MR) is 82.1 cm³/mol. The second-order valence-corrected chi connectivity index (χ2v) is 7.29. The van der Waals surface area contributed by atoms with Crippen molar-refractivity contribution in [2.75, 3.05) is 0 Å². The molecule has 0 amide bonds. The molecular formula is C15H28N2S. The van der Waals surface area contributed by atoms with E-state index in [4.69, 9.17) is 0 Å². The van der Waals surface area contributed by atoms with E-state index in [-0.39, 0.29) is 4.87 Å². The molecule has 104 valence electrons. The zero-order valence-corrected chi connectivity index (χ0v) is 13.2. The first-order valence-electron chi connectivity index (χ1n) is 7.29. The predicted octanol–water partition coefficient (Wildman–Crippen LogP) is 5.94. The van der Waals surface area contributed by atoms with Crippen LogP contribution in [-0.4, -0.2) is 10.2 Å². The summed E-state index contributed by atoms with van der Waals surface area (Å²) in [7, 11) is 0. The van der Waals surface area contributed by atoms with Crippen LogP contribution in [0.15, 0.2) is 21.9 Å². The van der Waals surface area contributed by atoms with Crippen molar-refractivity contribution >= 4 is 11.8 Å². The summed E-state index contributed by atoms with van der Waals surface area (Å²) in [5, 5.41) is 9.37. The average Bonchev–Trinajstić information content (AvgIpc) is 2.66. The number of hydrogen-bond donors (Lipinski definition) is 0. The Bertz CT molecular complexity index is 295. The summed E-state index contributed by atoms with van der Waals surface area (Å²) in [6.45, 7) is 8.79. The van der Waals surface area contributed by atoms with Crippen LogP contribution in [0.25, 0.3) is 0 Å². The van der Waals surface area contributed by atoms with Crippen LogP contribution in [0.4, 0.5) is 0 Å². The van der Waals surface area contributed by atoms with Gasteiger partial charge >= 0.3 is 0 Å². The van der Waals surface area contributed by atoms with E-state index >= 15 is 0 Å². The third kappa shape index (κ3) is 6.03. The lowest BCUT2D eigenvalue weighted by atomic mass is 10.1. The zero-order valence-electron chi connectivity index (χ0n) is 12.4. The fourth-order valence-electron chi connectivity index (χ4n) is 2.13. The van der Waals surface area contributed by atoms with Crippen LogP contribution >= 0.6 is 11.8 Å². The number of thioether (sulfide) groups is 1. The van der Waals surface area contributed by atoms with Crippen LogP contribution in [0, 0.1) is 0 Å². The maximum Gasteiger partial charge on any atom is 0.126 e. The van der Waals surface area contributed by atoms with Crippen LogP contribution in [0.3, 0.4) is 0 Å². The molecule has 1 aliphatic rings. The standard InChI is InChI=1S/C15H28N2S/c1-5-6-7-8-11-14-16-17-15(4,18-14)12-9-10-13(2)3/h10,14H,5-9,11-12H2,1-4H3. The first-order valence-corrected chi connectivity index (χ1v) is 8.17. The summed E-state index contributed by atoms with van der Waals surface area (Å²) in [6.07, 6.45) is 11.0. The van der Waals surface area contributed by atoms with Gasteiger partial charge in [-0.25, -0.2) is 0 Å². The van der Waals surface area contributed by atoms with Gasteiger partial charge in [0.05, 0.1) is 0 Å². The van der Waals surface area contributed by atoms with Gasteiger partial charge in [-0.05, 0) is 40.0 Å². The van der Waals surface area contributed by atoms with E-state index in [0.717, 1.165) is 12.8 Å². The molecule has 0 fully saturated rings. The number of nitrogens with zero attached hydrogens (tertiary/aromatic N) is 2. The molecule has 0 N–H and O–H groups in total. The Hall–Kier alpha value is -0.310. The van der Waals surface area contributed by atoms with Crippen molar-refractivity contribution in [1.82, 2.24) is 0 Å². The highest BCUT2D eigenvalue weighted by Crippen LogP contribution is 2.43. The molecule has 0 bridgehead atoms. The van der Waals surface area contributed by atoms with E-state index in [0.29, 0.717) is 5.37 Å². The van der Waals surface area contributed by atoms with Crippen molar-refractivity contribution in [1.29, 1.82) is 0 Å². The van der Waals surface area contributed by atoms with E-state index in [1.807, 2.05) is 11.8 Å². The van der Waals surface area contributed by atoms with E-state index in [1.165, 1.54) is 37.7 Å². The zero-order chi connectivity index (χ0) is 13.4. The van der Waals surface area contributed by atoms with Gasteiger partial charge in [-0.1, -0.05) is 44.3 Å². The molecule has 1 heterocycles. The van der Waals surface area contributed by atoms with Crippen LogP contribution in [0.5, 0.6) is 0 Å². The van der Waals surface area contributed by atoms with Crippen LogP contribution in [0.2, 0.25) is 0 Å². The lowest BCUT2D eigenvalue weighted by Crippen LogP contribution is -2.14. The molecular weight excluding hydrogens is 240 g/mol. The van der Waals surface area contributed by atoms with Crippen LogP contribution in [-0.2, 0) is 0 Å². The molecule has 0 aromatic rings. The molecule has 18 heavy (non-hydrogen) atoms.